The smallest absolute Gasteiger partial charge is 0.420 e. The van der Waals surface area contributed by atoms with E-state index in [0.29, 0.717) is 29.7 Å². The van der Waals surface area contributed by atoms with E-state index in [-0.39, 0.29) is 27.1 Å². The fourth-order valence-corrected chi connectivity index (χ4v) is 4.83. The van der Waals surface area contributed by atoms with Crippen LogP contribution in [0.5, 0.6) is 5.75 Å². The number of hydrogen-bond acceptors (Lipinski definition) is 5. The van der Waals surface area contributed by atoms with Crippen molar-refractivity contribution >= 4 is 39.3 Å². The predicted molar refractivity (Wildman–Crippen MR) is 139 cm³/mol. The van der Waals surface area contributed by atoms with Crippen molar-refractivity contribution in [2.45, 2.75) is 45.8 Å². The fourth-order valence-electron chi connectivity index (χ4n) is 4.04. The maximum absolute atomic E-state index is 14.0. The monoisotopic (exact) mass is 602 g/mol. The molecule has 0 spiro atoms. The van der Waals surface area contributed by atoms with Gasteiger partial charge >= 0.3 is 6.18 Å². The van der Waals surface area contributed by atoms with Crippen LogP contribution in [0.15, 0.2) is 40.8 Å². The minimum Gasteiger partial charge on any atom is -0.491 e. The molecule has 1 unspecified atom stereocenters. The van der Waals surface area contributed by atoms with Crippen LogP contribution in [0.1, 0.15) is 66.9 Å². The number of fused-ring (bicyclic) bond motifs is 1. The largest absolute Gasteiger partial charge is 0.491 e. The molecule has 1 atom stereocenters. The zero-order valence-electron chi connectivity index (χ0n) is 20.0. The Bertz CT molecular complexity index is 1170. The third-order valence-corrected chi connectivity index (χ3v) is 6.75. The summed E-state index contributed by atoms with van der Waals surface area (Å²) in [7, 11) is 0. The van der Waals surface area contributed by atoms with E-state index < -0.39 is 23.6 Å². The average Bonchev–Trinajstić information content (AvgIpc) is 3.21. The number of benzene rings is 2. The van der Waals surface area contributed by atoms with E-state index in [1.165, 1.54) is 6.07 Å². The number of alkyl halides is 3. The highest BCUT2D eigenvalue weighted by atomic mass is 127. The predicted octanol–water partition coefficient (Wildman–Crippen LogP) is 6.81. The molecule has 0 bridgehead atoms. The summed E-state index contributed by atoms with van der Waals surface area (Å²) < 4.78 is 53.9. The van der Waals surface area contributed by atoms with Gasteiger partial charge in [-0.2, -0.15) is 13.2 Å². The normalized spacial score (nSPS) is 12.9. The first kappa shape index (κ1) is 27.5. The van der Waals surface area contributed by atoms with Gasteiger partial charge in [-0.15, -0.1) is 0 Å². The lowest BCUT2D eigenvalue weighted by molar-refractivity contribution is -0.139. The third-order valence-electron chi connectivity index (χ3n) is 5.95. The average molecular weight is 602 g/mol. The van der Waals surface area contributed by atoms with Crippen LogP contribution in [0.4, 0.5) is 13.2 Å². The van der Waals surface area contributed by atoms with Gasteiger partial charge in [-0.05, 0) is 60.3 Å². The molecule has 3 aromatic rings. The maximum atomic E-state index is 14.0. The van der Waals surface area contributed by atoms with E-state index in [0.717, 1.165) is 25.6 Å². The zero-order chi connectivity index (χ0) is 25.8. The maximum Gasteiger partial charge on any atom is 0.420 e. The molecule has 2 N–H and O–H groups in total. The number of ketones is 1. The van der Waals surface area contributed by atoms with Gasteiger partial charge in [0.2, 0.25) is 0 Å². The molecule has 0 fully saturated rings. The van der Waals surface area contributed by atoms with Crippen LogP contribution >= 0.6 is 22.6 Å². The minimum absolute atomic E-state index is 0.0886. The Morgan fingerprint density at radius 2 is 1.86 bits per heavy atom. The van der Waals surface area contributed by atoms with Gasteiger partial charge in [0, 0.05) is 17.5 Å². The lowest BCUT2D eigenvalue weighted by atomic mass is 9.95. The molecule has 0 aliphatic rings. The summed E-state index contributed by atoms with van der Waals surface area (Å²) in [5.41, 5.74) is 5.91. The molecule has 0 aliphatic carbocycles. The van der Waals surface area contributed by atoms with E-state index in [9.17, 15) is 18.0 Å². The Balaban J connectivity index is 2.06. The lowest BCUT2D eigenvalue weighted by Crippen LogP contribution is -2.28. The summed E-state index contributed by atoms with van der Waals surface area (Å²) in [6, 6.07) is 8.71. The first-order valence-corrected chi connectivity index (χ1v) is 12.8. The van der Waals surface area contributed by atoms with E-state index >= 15 is 0 Å². The van der Waals surface area contributed by atoms with Crippen LogP contribution in [0, 0.1) is 3.57 Å². The van der Waals surface area contributed by atoms with Crippen molar-refractivity contribution in [3.05, 3.63) is 62.4 Å². The third kappa shape index (κ3) is 6.18. The van der Waals surface area contributed by atoms with Crippen LogP contribution in [-0.4, -0.2) is 36.9 Å². The van der Waals surface area contributed by atoms with Crippen LogP contribution in [0.25, 0.3) is 11.0 Å². The minimum atomic E-state index is -4.69. The zero-order valence-corrected chi connectivity index (χ0v) is 22.2. The van der Waals surface area contributed by atoms with Gasteiger partial charge in [0.05, 0.1) is 20.7 Å². The lowest BCUT2D eigenvalue weighted by Gasteiger charge is -2.21. The van der Waals surface area contributed by atoms with Crippen LogP contribution < -0.4 is 10.5 Å². The van der Waals surface area contributed by atoms with Gasteiger partial charge < -0.3 is 19.8 Å². The Labute approximate surface area is 216 Å². The van der Waals surface area contributed by atoms with Crippen molar-refractivity contribution in [2.24, 2.45) is 5.73 Å². The Hall–Kier alpha value is -2.11. The Morgan fingerprint density at radius 1 is 1.17 bits per heavy atom. The van der Waals surface area contributed by atoms with Crippen molar-refractivity contribution in [1.29, 1.82) is 0 Å². The second kappa shape index (κ2) is 11.7. The highest BCUT2D eigenvalue weighted by molar-refractivity contribution is 14.1. The van der Waals surface area contributed by atoms with E-state index in [4.69, 9.17) is 14.9 Å². The summed E-state index contributed by atoms with van der Waals surface area (Å²) in [6.07, 6.45) is -3.35. The van der Waals surface area contributed by atoms with Gasteiger partial charge in [-0.3, -0.25) is 4.79 Å². The molecule has 2 aromatic carbocycles. The van der Waals surface area contributed by atoms with Crippen LogP contribution in [0.2, 0.25) is 0 Å². The number of carbonyl (C=O) groups excluding carboxylic acids is 1. The first-order chi connectivity index (χ1) is 16.6. The summed E-state index contributed by atoms with van der Waals surface area (Å²) in [5.74, 6) is -0.530. The van der Waals surface area contributed by atoms with E-state index in [2.05, 4.69) is 4.90 Å². The number of para-hydroxylation sites is 1. The molecular formula is C26H30F3IN2O3. The number of ether oxygens (including phenoxy) is 1. The van der Waals surface area contributed by atoms with E-state index in [1.807, 2.05) is 20.8 Å². The number of likely N-dealkylation sites (N-methyl/N-ethyl adjacent to an activating group) is 1. The van der Waals surface area contributed by atoms with Gasteiger partial charge in [-0.25, -0.2) is 0 Å². The number of halogens is 4. The van der Waals surface area contributed by atoms with Crippen molar-refractivity contribution in [3.63, 3.8) is 0 Å². The van der Waals surface area contributed by atoms with Gasteiger partial charge in [0.15, 0.2) is 5.78 Å². The summed E-state index contributed by atoms with van der Waals surface area (Å²) in [4.78, 5) is 15.7. The van der Waals surface area contributed by atoms with Crippen molar-refractivity contribution in [1.82, 2.24) is 4.90 Å². The van der Waals surface area contributed by atoms with Crippen molar-refractivity contribution < 1.29 is 27.1 Å². The Kier molecular flexibility index (Phi) is 9.22. The number of rotatable bonds is 11. The quantitative estimate of drug-likeness (QED) is 0.193. The summed E-state index contributed by atoms with van der Waals surface area (Å²) in [6.45, 7) is 8.08. The van der Waals surface area contributed by atoms with Gasteiger partial charge in [0.25, 0.3) is 0 Å². The molecule has 0 radical (unpaired) electrons. The highest BCUT2D eigenvalue weighted by Gasteiger charge is 2.37. The number of furan rings is 1. The van der Waals surface area contributed by atoms with Crippen molar-refractivity contribution in [3.8, 4) is 5.75 Å². The molecule has 5 nitrogen and oxygen atoms in total. The fraction of sp³-hybridized carbons (Fsp3) is 0.423. The first-order valence-electron chi connectivity index (χ1n) is 11.7. The standard InChI is InChI=1S/C26H30F3IN2O3/c1-4-9-20(31)25-22(17-10-7-8-11-21(17)35-25)23(33)16-14-18(26(27,28)29)24(19(30)15-16)34-13-12-32(5-2)6-3/h7-8,10-11,14-15,20H,4-6,9,12-13,31H2,1-3H3. The molecule has 0 aliphatic heterocycles. The summed E-state index contributed by atoms with van der Waals surface area (Å²) >= 11 is 1.79. The second-order valence-corrected chi connectivity index (χ2v) is 9.43. The van der Waals surface area contributed by atoms with Crippen LogP contribution in [-0.2, 0) is 6.18 Å². The molecule has 1 aromatic heterocycles. The van der Waals surface area contributed by atoms with Gasteiger partial charge in [-0.1, -0.05) is 45.4 Å². The number of nitrogens with zero attached hydrogens (tertiary/aromatic N) is 1. The molecule has 3 rings (SSSR count). The van der Waals surface area contributed by atoms with E-state index in [1.54, 1.807) is 46.9 Å². The SMILES string of the molecule is CCCC(N)c1oc2ccccc2c1C(=O)c1cc(I)c(OCCN(CC)CC)c(C(F)(F)F)c1. The number of carbonyl (C=O) groups is 1. The molecule has 0 amide bonds. The Morgan fingerprint density at radius 3 is 2.49 bits per heavy atom. The molecule has 190 valence electrons. The molecule has 1 heterocycles. The molecule has 9 heteroatoms. The molecule has 35 heavy (non-hydrogen) atoms. The molecular weight excluding hydrogens is 572 g/mol. The summed E-state index contributed by atoms with van der Waals surface area (Å²) in [5, 5.41) is 0.530. The van der Waals surface area contributed by atoms with Gasteiger partial charge in [0.1, 0.15) is 23.7 Å². The van der Waals surface area contributed by atoms with Crippen LogP contribution in [0.3, 0.4) is 0 Å². The highest BCUT2D eigenvalue weighted by Crippen LogP contribution is 2.41. The van der Waals surface area contributed by atoms with Crippen molar-refractivity contribution in [2.75, 3.05) is 26.2 Å². The number of hydrogen-bond donors (Lipinski definition) is 1. The molecule has 0 saturated heterocycles. The second-order valence-electron chi connectivity index (χ2n) is 8.27. The molecule has 0 saturated carbocycles. The number of nitrogens with two attached hydrogens (primary N) is 1. The topological polar surface area (TPSA) is 68.7 Å².